The molecule has 0 atom stereocenters. The van der Waals surface area contributed by atoms with Gasteiger partial charge in [-0.05, 0) is 11.1 Å². The monoisotopic (exact) mass is 375 g/mol. The van der Waals surface area contributed by atoms with E-state index in [1.54, 1.807) is 0 Å². The minimum absolute atomic E-state index is 0. The molecule has 3 rings (SSSR count). The molecule has 1 aliphatic rings. The van der Waals surface area contributed by atoms with Gasteiger partial charge in [-0.25, -0.2) is 0 Å². The van der Waals surface area contributed by atoms with Crippen LogP contribution in [0.3, 0.4) is 0 Å². The second-order valence-electron chi connectivity index (χ2n) is 6.39. The Bertz CT molecular complexity index is 605. The smallest absolute Gasteiger partial charge is 0.317 e. The zero-order chi connectivity index (χ0) is 17.3. The molecule has 0 aliphatic carbocycles. The van der Waals surface area contributed by atoms with Gasteiger partial charge in [-0.15, -0.1) is 0 Å². The van der Waals surface area contributed by atoms with Crippen LogP contribution in [-0.2, 0) is 14.3 Å². The van der Waals surface area contributed by atoms with Crippen LogP contribution in [0.1, 0.15) is 23.5 Å². The maximum Gasteiger partial charge on any atom is 0.317 e. The topological polar surface area (TPSA) is 40.0 Å². The molecule has 1 saturated heterocycles. The van der Waals surface area contributed by atoms with Crippen molar-refractivity contribution >= 4 is 5.97 Å². The quantitative estimate of drug-likeness (QED) is 0.481. The molecule has 2 aromatic rings. The Hall–Kier alpha value is -1.88. The van der Waals surface area contributed by atoms with Crippen molar-refractivity contribution in [1.29, 1.82) is 0 Å². The van der Waals surface area contributed by atoms with Gasteiger partial charge in [-0.1, -0.05) is 60.7 Å². The first-order valence-electron chi connectivity index (χ1n) is 9.02. The van der Waals surface area contributed by atoms with Crippen molar-refractivity contribution < 1.29 is 31.6 Å². The van der Waals surface area contributed by atoms with Gasteiger partial charge in [0.25, 0.3) is 0 Å². The number of carbonyl (C=O) groups is 1. The van der Waals surface area contributed by atoms with Gasteiger partial charge in [0.15, 0.2) is 0 Å². The predicted octanol–water partition coefficient (Wildman–Crippen LogP) is -1.33. The molecule has 5 heteroatoms. The fourth-order valence-electron chi connectivity index (χ4n) is 3.24. The van der Waals surface area contributed by atoms with Crippen molar-refractivity contribution in [3.63, 3.8) is 0 Å². The van der Waals surface area contributed by atoms with Gasteiger partial charge >= 0.3 is 5.97 Å². The number of quaternary nitrogens is 1. The third-order valence-electron chi connectivity index (χ3n) is 4.62. The lowest BCUT2D eigenvalue weighted by atomic mass is 9.91. The average Bonchev–Trinajstić information content (AvgIpc) is 2.68. The minimum atomic E-state index is -0.363. The van der Waals surface area contributed by atoms with Crippen LogP contribution in [0.15, 0.2) is 60.7 Å². The summed E-state index contributed by atoms with van der Waals surface area (Å²) in [5.41, 5.74) is 1.94. The van der Waals surface area contributed by atoms with Crippen molar-refractivity contribution in [2.75, 3.05) is 39.5 Å². The zero-order valence-electron chi connectivity index (χ0n) is 14.9. The van der Waals surface area contributed by atoms with Gasteiger partial charge in [0, 0.05) is 6.42 Å². The van der Waals surface area contributed by atoms with Crippen LogP contribution in [0.25, 0.3) is 0 Å². The minimum Gasteiger partial charge on any atom is -1.00 e. The van der Waals surface area contributed by atoms with Crippen molar-refractivity contribution in [3.05, 3.63) is 71.8 Å². The lowest BCUT2D eigenvalue weighted by Gasteiger charge is -2.23. The summed E-state index contributed by atoms with van der Waals surface area (Å²) in [6.45, 7) is 5.25. The number of carbonyl (C=O) groups excluding carboxylic acids is 1. The van der Waals surface area contributed by atoms with Crippen LogP contribution in [-0.4, -0.2) is 45.4 Å². The highest BCUT2D eigenvalue weighted by atomic mass is 35.5. The normalized spacial score (nSPS) is 14.7. The summed E-state index contributed by atoms with van der Waals surface area (Å²) in [7, 11) is 0. The largest absolute Gasteiger partial charge is 1.00 e. The summed E-state index contributed by atoms with van der Waals surface area (Å²) in [6.07, 6.45) is 0.886. The zero-order valence-corrected chi connectivity index (χ0v) is 15.7. The Morgan fingerprint density at radius 3 is 2.04 bits per heavy atom. The highest BCUT2D eigenvalue weighted by Crippen LogP contribution is 2.25. The van der Waals surface area contributed by atoms with Crippen molar-refractivity contribution in [2.24, 2.45) is 0 Å². The number of benzene rings is 2. The van der Waals surface area contributed by atoms with Gasteiger partial charge in [0.05, 0.1) is 26.4 Å². The second kappa shape index (κ2) is 11.0. The fourth-order valence-corrected chi connectivity index (χ4v) is 3.24. The van der Waals surface area contributed by atoms with Crippen LogP contribution < -0.4 is 17.3 Å². The molecular formula is C21H26ClNO3. The molecule has 0 bridgehead atoms. The lowest BCUT2D eigenvalue weighted by Crippen LogP contribution is -3.14. The van der Waals surface area contributed by atoms with Gasteiger partial charge in [0.1, 0.15) is 19.0 Å². The number of hydrogen-bond acceptors (Lipinski definition) is 3. The molecule has 0 spiro atoms. The van der Waals surface area contributed by atoms with Gasteiger partial charge in [0.2, 0.25) is 0 Å². The first-order valence-corrected chi connectivity index (χ1v) is 9.02. The fraction of sp³-hybridized carbons (Fsp3) is 0.381. The standard InChI is InChI=1S/C21H25NO3.ClH/c23-21(25-15-7-12-22-13-16-24-17-14-22)20(18-8-3-1-4-9-18)19-10-5-2-6-11-19;/h1-6,8-11,20H,7,12-17H2;1H. The number of halogens is 1. The van der Waals surface area contributed by atoms with Gasteiger partial charge in [-0.2, -0.15) is 0 Å². The molecule has 0 radical (unpaired) electrons. The second-order valence-corrected chi connectivity index (χ2v) is 6.39. The molecule has 26 heavy (non-hydrogen) atoms. The van der Waals surface area contributed by atoms with E-state index in [0.717, 1.165) is 50.4 Å². The number of ether oxygens (including phenoxy) is 2. The van der Waals surface area contributed by atoms with E-state index in [2.05, 4.69) is 0 Å². The number of esters is 1. The Labute approximate surface area is 161 Å². The molecule has 4 nitrogen and oxygen atoms in total. The summed E-state index contributed by atoms with van der Waals surface area (Å²) in [4.78, 5) is 14.3. The van der Waals surface area contributed by atoms with E-state index in [1.165, 1.54) is 4.90 Å². The maximum atomic E-state index is 12.7. The Kier molecular flexibility index (Phi) is 8.62. The molecule has 1 aliphatic heterocycles. The number of nitrogens with one attached hydrogen (secondary N) is 1. The molecule has 0 aromatic heterocycles. The molecule has 140 valence electrons. The highest BCUT2D eigenvalue weighted by molar-refractivity contribution is 5.82. The molecule has 1 fully saturated rings. The highest BCUT2D eigenvalue weighted by Gasteiger charge is 2.24. The third-order valence-corrected chi connectivity index (χ3v) is 4.62. The van der Waals surface area contributed by atoms with E-state index in [-0.39, 0.29) is 24.3 Å². The summed E-state index contributed by atoms with van der Waals surface area (Å²) in [6, 6.07) is 19.7. The molecule has 0 amide bonds. The first-order chi connectivity index (χ1) is 12.3. The van der Waals surface area contributed by atoms with Crippen molar-refractivity contribution in [2.45, 2.75) is 12.3 Å². The number of hydrogen-bond donors (Lipinski definition) is 1. The van der Waals surface area contributed by atoms with Gasteiger partial charge < -0.3 is 26.8 Å². The molecule has 0 unspecified atom stereocenters. The molecule has 0 saturated carbocycles. The van der Waals surface area contributed by atoms with Crippen molar-refractivity contribution in [3.8, 4) is 0 Å². The van der Waals surface area contributed by atoms with Crippen LogP contribution >= 0.6 is 0 Å². The Balaban J connectivity index is 0.00000243. The number of morpholine rings is 1. The van der Waals surface area contributed by atoms with E-state index >= 15 is 0 Å². The van der Waals surface area contributed by atoms with E-state index in [0.29, 0.717) is 6.61 Å². The van der Waals surface area contributed by atoms with Gasteiger partial charge in [-0.3, -0.25) is 4.79 Å². The molecule has 1 heterocycles. The SMILES string of the molecule is O=C(OCCC[NH+]1CCOCC1)C(c1ccccc1)c1ccccc1.[Cl-]. The third kappa shape index (κ3) is 5.84. The average molecular weight is 376 g/mol. The van der Waals surface area contributed by atoms with E-state index in [9.17, 15) is 4.79 Å². The predicted molar refractivity (Wildman–Crippen MR) is 96.7 cm³/mol. The molecular weight excluding hydrogens is 350 g/mol. The summed E-state index contributed by atoms with van der Waals surface area (Å²) >= 11 is 0. The Morgan fingerprint density at radius 1 is 0.962 bits per heavy atom. The van der Waals surface area contributed by atoms with E-state index in [1.807, 2.05) is 60.7 Å². The summed E-state index contributed by atoms with van der Waals surface area (Å²) in [5.74, 6) is -0.535. The summed E-state index contributed by atoms with van der Waals surface area (Å²) < 4.78 is 11.0. The lowest BCUT2D eigenvalue weighted by molar-refractivity contribution is -0.908. The van der Waals surface area contributed by atoms with Crippen LogP contribution in [0.4, 0.5) is 0 Å². The maximum absolute atomic E-state index is 12.7. The van der Waals surface area contributed by atoms with Crippen LogP contribution in [0, 0.1) is 0 Å². The Morgan fingerprint density at radius 2 is 1.50 bits per heavy atom. The summed E-state index contributed by atoms with van der Waals surface area (Å²) in [5, 5.41) is 0. The van der Waals surface area contributed by atoms with E-state index in [4.69, 9.17) is 9.47 Å². The van der Waals surface area contributed by atoms with E-state index < -0.39 is 0 Å². The molecule has 1 N–H and O–H groups in total. The first kappa shape index (κ1) is 20.4. The molecule has 2 aromatic carbocycles. The van der Waals surface area contributed by atoms with Crippen LogP contribution in [0.2, 0.25) is 0 Å². The van der Waals surface area contributed by atoms with Crippen molar-refractivity contribution in [1.82, 2.24) is 0 Å². The van der Waals surface area contributed by atoms with Crippen LogP contribution in [0.5, 0.6) is 0 Å². The number of rotatable bonds is 7.